The fourth-order valence-corrected chi connectivity index (χ4v) is 7.94. The molecule has 2 heteroatoms. The van der Waals surface area contributed by atoms with Gasteiger partial charge in [-0.25, -0.2) is 0 Å². The van der Waals surface area contributed by atoms with E-state index in [9.17, 15) is 0 Å². The van der Waals surface area contributed by atoms with Crippen LogP contribution >= 0.6 is 0 Å². The van der Waals surface area contributed by atoms with E-state index in [1.54, 1.807) is 0 Å². The first-order valence-corrected chi connectivity index (χ1v) is 18.3. The van der Waals surface area contributed by atoms with Gasteiger partial charge in [-0.2, -0.15) is 0 Å². The van der Waals surface area contributed by atoms with Gasteiger partial charge in [0.15, 0.2) is 0 Å². The molecule has 6 rings (SSSR count). The Morgan fingerprint density at radius 1 is 0.400 bits per heavy atom. The zero-order valence-corrected chi connectivity index (χ0v) is 30.7. The Balaban J connectivity index is 1.47. The van der Waals surface area contributed by atoms with Gasteiger partial charge in [-0.15, -0.1) is 0 Å². The molecule has 0 bridgehead atoms. The molecular weight excluding hydrogens is 605 g/mol. The number of hydrogen-bond acceptors (Lipinski definition) is 2. The van der Waals surface area contributed by atoms with Crippen LogP contribution < -0.4 is 9.80 Å². The highest BCUT2D eigenvalue weighted by atomic mass is 15.2. The molecule has 2 nitrogen and oxygen atoms in total. The second-order valence-corrected chi connectivity index (χ2v) is 14.2. The highest BCUT2D eigenvalue weighted by Crippen LogP contribution is 2.46. The Morgan fingerprint density at radius 3 is 1.12 bits per heavy atom. The normalized spacial score (nSPS) is 13.6. The molecule has 0 spiro atoms. The van der Waals surface area contributed by atoms with Crippen LogP contribution in [-0.4, -0.2) is 0 Å². The number of benzene rings is 6. The van der Waals surface area contributed by atoms with Crippen LogP contribution in [-0.2, 0) is 11.1 Å². The maximum absolute atomic E-state index is 2.55. The monoisotopic (exact) mass is 656 g/mol. The van der Waals surface area contributed by atoms with E-state index in [1.165, 1.54) is 56.1 Å². The average molecular weight is 657 g/mol. The molecule has 6 aromatic carbocycles. The fraction of sp³-hybridized carbons (Fsp3) is 0.250. The highest BCUT2D eigenvalue weighted by Gasteiger charge is 2.36. The third kappa shape index (κ3) is 7.12. The van der Waals surface area contributed by atoms with Crippen LogP contribution in [0.5, 0.6) is 0 Å². The average Bonchev–Trinajstić information content (AvgIpc) is 3.13. The van der Waals surface area contributed by atoms with Gasteiger partial charge < -0.3 is 9.80 Å². The summed E-state index contributed by atoms with van der Waals surface area (Å²) in [5, 5.41) is 0. The fourth-order valence-electron chi connectivity index (χ4n) is 7.94. The number of nitrogens with zero attached hydrogens (tertiary/aromatic N) is 2. The quantitative estimate of drug-likeness (QED) is 0.122. The van der Waals surface area contributed by atoms with E-state index in [-0.39, 0.29) is 11.1 Å². The van der Waals surface area contributed by atoms with Crippen LogP contribution in [0.1, 0.15) is 75.6 Å². The van der Waals surface area contributed by atoms with Crippen molar-refractivity contribution < 1.29 is 0 Å². The van der Waals surface area contributed by atoms with Crippen LogP contribution in [0.4, 0.5) is 22.7 Å². The Hall–Kier alpha value is -5.08. The summed E-state index contributed by atoms with van der Waals surface area (Å²) in [5.41, 5.74) is 11.9. The maximum Gasteiger partial charge on any atom is 0.0674 e. The van der Waals surface area contributed by atoms with Crippen LogP contribution in [0.25, 0.3) is 11.1 Å². The van der Waals surface area contributed by atoms with E-state index in [1.807, 2.05) is 0 Å². The van der Waals surface area contributed by atoms with E-state index < -0.39 is 0 Å². The van der Waals surface area contributed by atoms with Crippen molar-refractivity contribution in [2.75, 3.05) is 9.80 Å². The van der Waals surface area contributed by atoms with Gasteiger partial charge in [-0.3, -0.25) is 0 Å². The van der Waals surface area contributed by atoms with Gasteiger partial charge in [0, 0.05) is 22.7 Å². The van der Waals surface area contributed by atoms with Crippen LogP contribution in [0.15, 0.2) is 158 Å². The molecule has 0 aliphatic carbocycles. The van der Waals surface area contributed by atoms with E-state index >= 15 is 0 Å². The summed E-state index contributed by atoms with van der Waals surface area (Å²) in [6.45, 7) is 13.8. The van der Waals surface area contributed by atoms with Gasteiger partial charge in [0.25, 0.3) is 0 Å². The van der Waals surface area contributed by atoms with E-state index in [2.05, 4.69) is 209 Å². The standard InChI is InChI=1S/C48H52N2/c1-7-31-47(5,49(43-25-11-9-12-26-43)45-29-15-19-37(3)33-45)41-23-17-21-39(35-41)40-22-18-24-42(36-40)48(6,32-8-2)50(44-27-13-10-14-28-44)46-30-16-20-38(4)34-46/h9-30,33-36H,7-8,31-32H2,1-6H3. The predicted octanol–water partition coefficient (Wildman–Crippen LogP) is 13.7. The largest absolute Gasteiger partial charge is 0.331 e. The SMILES string of the molecule is CCCC(C)(c1cccc(-c2cccc(C(C)(CCC)N(c3ccccc3)c3cccc(C)c3)c2)c1)N(c1ccccc1)c1cccc(C)c1. The third-order valence-corrected chi connectivity index (χ3v) is 10.3. The minimum absolute atomic E-state index is 0.274. The minimum Gasteiger partial charge on any atom is -0.331 e. The summed E-state index contributed by atoms with van der Waals surface area (Å²) >= 11 is 0. The lowest BCUT2D eigenvalue weighted by Crippen LogP contribution is -2.41. The molecule has 0 saturated heterocycles. The van der Waals surface area contributed by atoms with Gasteiger partial charge in [-0.05, 0) is 135 Å². The molecule has 0 aliphatic rings. The van der Waals surface area contributed by atoms with Gasteiger partial charge in [0.05, 0.1) is 11.1 Å². The zero-order chi connectivity index (χ0) is 35.1. The second-order valence-electron chi connectivity index (χ2n) is 14.2. The van der Waals surface area contributed by atoms with Crippen molar-refractivity contribution in [2.45, 2.75) is 78.3 Å². The maximum atomic E-state index is 2.55. The molecule has 2 unspecified atom stereocenters. The lowest BCUT2D eigenvalue weighted by Gasteiger charge is -2.44. The summed E-state index contributed by atoms with van der Waals surface area (Å²) < 4.78 is 0. The smallest absolute Gasteiger partial charge is 0.0674 e. The Kier molecular flexibility index (Phi) is 10.6. The molecule has 0 fully saturated rings. The van der Waals surface area contributed by atoms with Crippen molar-refractivity contribution in [1.29, 1.82) is 0 Å². The second kappa shape index (κ2) is 15.2. The summed E-state index contributed by atoms with van der Waals surface area (Å²) in [6.07, 6.45) is 4.15. The Bertz CT molecular complexity index is 1850. The van der Waals surface area contributed by atoms with Crippen LogP contribution in [0.2, 0.25) is 0 Å². The Labute approximate surface area is 301 Å². The van der Waals surface area contributed by atoms with Gasteiger partial charge in [0.1, 0.15) is 0 Å². The molecule has 0 saturated carbocycles. The Morgan fingerprint density at radius 2 is 0.760 bits per heavy atom. The number of rotatable bonds is 13. The lowest BCUT2D eigenvalue weighted by atomic mass is 9.81. The molecule has 50 heavy (non-hydrogen) atoms. The molecule has 0 heterocycles. The summed E-state index contributed by atoms with van der Waals surface area (Å²) in [5.74, 6) is 0. The van der Waals surface area contributed by atoms with Crippen molar-refractivity contribution >= 4 is 22.7 Å². The molecular formula is C48H52N2. The van der Waals surface area contributed by atoms with Crippen LogP contribution in [0.3, 0.4) is 0 Å². The molecule has 0 aromatic heterocycles. The predicted molar refractivity (Wildman–Crippen MR) is 216 cm³/mol. The van der Waals surface area contributed by atoms with Gasteiger partial charge in [0.2, 0.25) is 0 Å². The molecule has 254 valence electrons. The van der Waals surface area contributed by atoms with Gasteiger partial charge in [-0.1, -0.05) is 124 Å². The number of anilines is 4. The molecule has 0 aliphatic heterocycles. The van der Waals surface area contributed by atoms with E-state index in [0.29, 0.717) is 0 Å². The van der Waals surface area contributed by atoms with Crippen molar-refractivity contribution in [2.24, 2.45) is 0 Å². The third-order valence-electron chi connectivity index (χ3n) is 10.3. The lowest BCUT2D eigenvalue weighted by molar-refractivity contribution is 0.436. The molecule has 6 aromatic rings. The van der Waals surface area contributed by atoms with E-state index in [0.717, 1.165) is 25.7 Å². The van der Waals surface area contributed by atoms with Crippen molar-refractivity contribution in [1.82, 2.24) is 0 Å². The molecule has 0 N–H and O–H groups in total. The topological polar surface area (TPSA) is 6.48 Å². The van der Waals surface area contributed by atoms with Crippen LogP contribution in [0, 0.1) is 13.8 Å². The number of aryl methyl sites for hydroxylation is 2. The highest BCUT2D eigenvalue weighted by molar-refractivity contribution is 5.72. The first-order chi connectivity index (χ1) is 24.3. The molecule has 2 atom stereocenters. The first kappa shape index (κ1) is 34.8. The summed E-state index contributed by atoms with van der Waals surface area (Å²) in [7, 11) is 0. The number of para-hydroxylation sites is 2. The molecule has 0 radical (unpaired) electrons. The van der Waals surface area contributed by atoms with Gasteiger partial charge >= 0.3 is 0 Å². The summed E-state index contributed by atoms with van der Waals surface area (Å²) in [6, 6.07) is 58.2. The molecule has 0 amide bonds. The van der Waals surface area contributed by atoms with E-state index in [4.69, 9.17) is 0 Å². The number of hydrogen-bond donors (Lipinski definition) is 0. The van der Waals surface area contributed by atoms with Crippen molar-refractivity contribution in [3.05, 3.63) is 180 Å². The first-order valence-electron chi connectivity index (χ1n) is 18.3. The minimum atomic E-state index is -0.274. The summed E-state index contributed by atoms with van der Waals surface area (Å²) in [4.78, 5) is 5.11. The van der Waals surface area contributed by atoms with Crippen molar-refractivity contribution in [3.8, 4) is 11.1 Å². The zero-order valence-electron chi connectivity index (χ0n) is 30.7. The van der Waals surface area contributed by atoms with Crippen molar-refractivity contribution in [3.63, 3.8) is 0 Å².